The van der Waals surface area contributed by atoms with E-state index in [1.54, 1.807) is 0 Å². The van der Waals surface area contributed by atoms with E-state index < -0.39 is 35.0 Å². The Kier molecular flexibility index (Phi) is 3.51. The molecule has 2 aromatic rings. The van der Waals surface area contributed by atoms with Crippen molar-refractivity contribution in [3.63, 3.8) is 0 Å². The van der Waals surface area contributed by atoms with Crippen LogP contribution in [0, 0.1) is 0 Å². The molecule has 3 rings (SSSR count). The van der Waals surface area contributed by atoms with Crippen LogP contribution in [0.2, 0.25) is 0 Å². The lowest BCUT2D eigenvalue weighted by Gasteiger charge is -2.13. The average molecular weight is 315 g/mol. The Morgan fingerprint density at radius 1 is 1.38 bits per heavy atom. The second kappa shape index (κ2) is 5.20. The number of nitrogen functional groups attached to an aromatic ring is 1. The van der Waals surface area contributed by atoms with Gasteiger partial charge in [-0.1, -0.05) is 0 Å². The summed E-state index contributed by atoms with van der Waals surface area (Å²) in [7, 11) is 0. The number of thioether (sulfide) groups is 1. The summed E-state index contributed by atoms with van der Waals surface area (Å²) in [4.78, 5) is 11.8. The van der Waals surface area contributed by atoms with Crippen LogP contribution in [0.15, 0.2) is 24.3 Å². The van der Waals surface area contributed by atoms with Gasteiger partial charge in [-0.25, -0.2) is 15.0 Å². The summed E-state index contributed by atoms with van der Waals surface area (Å²) >= 11 is 1.02. The summed E-state index contributed by atoms with van der Waals surface area (Å²) in [6, 6.07) is 0. The van der Waals surface area contributed by atoms with Crippen molar-refractivity contribution in [3.8, 4) is 0 Å². The summed E-state index contributed by atoms with van der Waals surface area (Å²) < 4.78 is 27.7. The van der Waals surface area contributed by atoms with Gasteiger partial charge in [0.15, 0.2) is 11.5 Å². The van der Waals surface area contributed by atoms with Crippen molar-refractivity contribution in [1.29, 1.82) is 0 Å². The van der Waals surface area contributed by atoms with Gasteiger partial charge in [0.05, 0.1) is 29.9 Å². The summed E-state index contributed by atoms with van der Waals surface area (Å²) in [5.74, 6) is 0.146. The molecule has 0 amide bonds. The molecule has 1 saturated heterocycles. The van der Waals surface area contributed by atoms with Gasteiger partial charge in [-0.15, -0.1) is 11.8 Å². The molecule has 0 radical (unpaired) electrons. The standard InChI is InChI=1S/C11H11F2N5O2S/c12-8(13)5-7(20)4(1-19)21-11(5)18-3-17-6-9(14)15-2-16-10(6)18/h2-4,7,11,19-20H,1H2,(H2,14,15,16)/t4-,7?,11+/m1/s1. The fourth-order valence-corrected chi connectivity index (χ4v) is 3.64. The number of nitrogens with zero attached hydrogens (tertiary/aromatic N) is 4. The topological polar surface area (TPSA) is 110 Å². The number of anilines is 1. The van der Waals surface area contributed by atoms with Crippen LogP contribution in [0.3, 0.4) is 0 Å². The van der Waals surface area contributed by atoms with E-state index in [2.05, 4.69) is 15.0 Å². The monoisotopic (exact) mass is 315 g/mol. The quantitative estimate of drug-likeness (QED) is 0.741. The van der Waals surface area contributed by atoms with Gasteiger partial charge in [0, 0.05) is 0 Å². The molecule has 0 spiro atoms. The first-order valence-electron chi connectivity index (χ1n) is 5.97. The molecule has 21 heavy (non-hydrogen) atoms. The van der Waals surface area contributed by atoms with E-state index in [1.165, 1.54) is 17.2 Å². The Morgan fingerprint density at radius 2 is 2.14 bits per heavy atom. The van der Waals surface area contributed by atoms with Crippen molar-refractivity contribution >= 4 is 28.7 Å². The van der Waals surface area contributed by atoms with E-state index in [1.807, 2.05) is 0 Å². The average Bonchev–Trinajstić information content (AvgIpc) is 3.00. The van der Waals surface area contributed by atoms with Crippen molar-refractivity contribution in [1.82, 2.24) is 19.5 Å². The molecule has 112 valence electrons. The third-order valence-electron chi connectivity index (χ3n) is 3.28. The first kappa shape index (κ1) is 14.2. The smallest absolute Gasteiger partial charge is 0.275 e. The number of nitrogens with two attached hydrogens (primary N) is 1. The van der Waals surface area contributed by atoms with Crippen molar-refractivity contribution < 1.29 is 19.0 Å². The third kappa shape index (κ3) is 2.15. The van der Waals surface area contributed by atoms with E-state index in [9.17, 15) is 19.0 Å². The number of hydrogen-bond donors (Lipinski definition) is 3. The van der Waals surface area contributed by atoms with Gasteiger partial charge < -0.3 is 15.9 Å². The predicted octanol–water partition coefficient (Wildman–Crippen LogP) is 0.526. The van der Waals surface area contributed by atoms with Gasteiger partial charge in [-0.3, -0.25) is 4.57 Å². The summed E-state index contributed by atoms with van der Waals surface area (Å²) in [6.07, 6.45) is -0.862. The highest BCUT2D eigenvalue weighted by Gasteiger charge is 2.42. The molecule has 10 heteroatoms. The van der Waals surface area contributed by atoms with Gasteiger partial charge in [0.1, 0.15) is 17.2 Å². The van der Waals surface area contributed by atoms with Crippen molar-refractivity contribution in [2.45, 2.75) is 16.7 Å². The van der Waals surface area contributed by atoms with Gasteiger partial charge >= 0.3 is 0 Å². The fourth-order valence-electron chi connectivity index (χ4n) is 2.26. The molecular formula is C11H11F2N5O2S. The Labute approximate surface area is 121 Å². The van der Waals surface area contributed by atoms with Crippen LogP contribution in [0.4, 0.5) is 14.6 Å². The SMILES string of the molecule is Nc1ncnc2c1ncn2[C@H]1S[C@H](CO)C(O)C1=C(F)F. The predicted molar refractivity (Wildman–Crippen MR) is 72.5 cm³/mol. The van der Waals surface area contributed by atoms with E-state index >= 15 is 0 Å². The largest absolute Gasteiger partial charge is 0.395 e. The van der Waals surface area contributed by atoms with Crippen LogP contribution >= 0.6 is 11.8 Å². The minimum Gasteiger partial charge on any atom is -0.395 e. The lowest BCUT2D eigenvalue weighted by atomic mass is 10.1. The molecule has 2 aromatic heterocycles. The number of rotatable bonds is 2. The number of halogens is 2. The van der Waals surface area contributed by atoms with Crippen molar-refractivity contribution in [3.05, 3.63) is 24.3 Å². The zero-order valence-corrected chi connectivity index (χ0v) is 11.3. The molecule has 1 aliphatic rings. The molecule has 1 aliphatic heterocycles. The minimum atomic E-state index is -1.97. The number of hydrogen-bond acceptors (Lipinski definition) is 7. The minimum absolute atomic E-state index is 0.146. The van der Waals surface area contributed by atoms with Crippen LogP contribution in [-0.4, -0.2) is 47.7 Å². The number of imidazole rings is 1. The van der Waals surface area contributed by atoms with E-state index in [0.29, 0.717) is 11.2 Å². The van der Waals surface area contributed by atoms with E-state index in [0.717, 1.165) is 11.8 Å². The Bertz CT molecular complexity index is 718. The molecule has 0 saturated carbocycles. The lowest BCUT2D eigenvalue weighted by molar-refractivity contribution is 0.165. The van der Waals surface area contributed by atoms with Crippen molar-refractivity contribution in [2.75, 3.05) is 12.3 Å². The molecule has 1 unspecified atom stereocenters. The number of aromatic nitrogens is 4. The van der Waals surface area contributed by atoms with E-state index in [4.69, 9.17) is 5.73 Å². The zero-order valence-electron chi connectivity index (χ0n) is 10.5. The van der Waals surface area contributed by atoms with Crippen LogP contribution in [0.25, 0.3) is 11.2 Å². The first-order chi connectivity index (χ1) is 10.0. The molecule has 4 N–H and O–H groups in total. The van der Waals surface area contributed by atoms with Crippen LogP contribution in [0.5, 0.6) is 0 Å². The summed E-state index contributed by atoms with van der Waals surface area (Å²) in [6.45, 7) is -0.414. The highest BCUT2D eigenvalue weighted by Crippen LogP contribution is 2.48. The highest BCUT2D eigenvalue weighted by molar-refractivity contribution is 8.00. The number of aliphatic hydroxyl groups excluding tert-OH is 2. The van der Waals surface area contributed by atoms with Gasteiger partial charge in [0.2, 0.25) is 0 Å². The third-order valence-corrected chi connectivity index (χ3v) is 4.77. The van der Waals surface area contributed by atoms with Crippen LogP contribution < -0.4 is 5.73 Å². The zero-order chi connectivity index (χ0) is 15.1. The van der Waals surface area contributed by atoms with Gasteiger partial charge in [-0.05, 0) is 0 Å². The highest BCUT2D eigenvalue weighted by atomic mass is 32.2. The molecule has 0 aromatic carbocycles. The maximum absolute atomic E-state index is 13.2. The molecule has 3 heterocycles. The number of fused-ring (bicyclic) bond motifs is 1. The molecule has 1 fully saturated rings. The normalized spacial score (nSPS) is 25.7. The molecule has 0 aliphatic carbocycles. The lowest BCUT2D eigenvalue weighted by Crippen LogP contribution is -2.23. The molecular weight excluding hydrogens is 304 g/mol. The van der Waals surface area contributed by atoms with Crippen LogP contribution in [0.1, 0.15) is 5.37 Å². The van der Waals surface area contributed by atoms with Crippen LogP contribution in [-0.2, 0) is 0 Å². The second-order valence-electron chi connectivity index (χ2n) is 4.45. The Morgan fingerprint density at radius 3 is 2.81 bits per heavy atom. The fraction of sp³-hybridized carbons (Fsp3) is 0.364. The Hall–Kier alpha value is -1.78. The number of aliphatic hydroxyl groups is 2. The van der Waals surface area contributed by atoms with E-state index in [-0.39, 0.29) is 5.82 Å². The maximum Gasteiger partial charge on any atom is 0.275 e. The first-order valence-corrected chi connectivity index (χ1v) is 6.91. The maximum atomic E-state index is 13.2. The Balaban J connectivity index is 2.14. The molecule has 3 atom stereocenters. The summed E-state index contributed by atoms with van der Waals surface area (Å²) in [5, 5.41) is 17.5. The van der Waals surface area contributed by atoms with Crippen molar-refractivity contribution in [2.24, 2.45) is 0 Å². The van der Waals surface area contributed by atoms with Gasteiger partial charge in [-0.2, -0.15) is 8.78 Å². The molecule has 7 nitrogen and oxygen atoms in total. The van der Waals surface area contributed by atoms with Gasteiger partial charge in [0.25, 0.3) is 6.08 Å². The summed E-state index contributed by atoms with van der Waals surface area (Å²) in [5.41, 5.74) is 5.81. The molecule has 0 bridgehead atoms. The second-order valence-corrected chi connectivity index (χ2v) is 5.78.